The summed E-state index contributed by atoms with van der Waals surface area (Å²) in [5.74, 6) is 0.511. The molecule has 3 heteroatoms. The van der Waals surface area contributed by atoms with E-state index < -0.39 is 0 Å². The van der Waals surface area contributed by atoms with Crippen LogP contribution in [0, 0.1) is 19.8 Å². The van der Waals surface area contributed by atoms with E-state index in [9.17, 15) is 9.90 Å². The summed E-state index contributed by atoms with van der Waals surface area (Å²) in [5.41, 5.74) is 3.17. The third-order valence-electron chi connectivity index (χ3n) is 4.29. The first kappa shape index (κ1) is 14.2. The van der Waals surface area contributed by atoms with Gasteiger partial charge in [0.15, 0.2) is 5.78 Å². The number of aryl methyl sites for hydroxylation is 2. The van der Waals surface area contributed by atoms with E-state index in [1.165, 1.54) is 5.56 Å². The van der Waals surface area contributed by atoms with Gasteiger partial charge in [0, 0.05) is 18.7 Å². The van der Waals surface area contributed by atoms with Crippen molar-refractivity contribution < 1.29 is 9.90 Å². The van der Waals surface area contributed by atoms with Gasteiger partial charge in [-0.05, 0) is 56.8 Å². The second-order valence-corrected chi connectivity index (χ2v) is 5.67. The van der Waals surface area contributed by atoms with Crippen LogP contribution in [-0.2, 0) is 0 Å². The van der Waals surface area contributed by atoms with Crippen LogP contribution >= 0.6 is 0 Å². The van der Waals surface area contributed by atoms with Crippen molar-refractivity contribution in [1.82, 2.24) is 4.90 Å². The maximum Gasteiger partial charge on any atom is 0.179 e. The van der Waals surface area contributed by atoms with E-state index in [1.54, 1.807) is 0 Å². The number of aliphatic hydroxyl groups excluding tert-OH is 1. The van der Waals surface area contributed by atoms with E-state index in [1.807, 2.05) is 32.0 Å². The highest BCUT2D eigenvalue weighted by Crippen LogP contribution is 2.21. The first-order valence-electron chi connectivity index (χ1n) is 6.99. The number of nitrogens with zero attached hydrogens (tertiary/aromatic N) is 1. The number of Topliss-reactive ketones (excluding diaryl/α,β-unsaturated/α-hetero) is 1. The summed E-state index contributed by atoms with van der Waals surface area (Å²) in [5, 5.41) is 9.18. The van der Waals surface area contributed by atoms with E-state index >= 15 is 0 Å². The molecule has 1 N–H and O–H groups in total. The molecule has 0 radical (unpaired) electrons. The van der Waals surface area contributed by atoms with Crippen LogP contribution in [0.1, 0.15) is 34.8 Å². The Bertz CT molecular complexity index is 470. The zero-order chi connectivity index (χ0) is 14.0. The number of hydrogen-bond acceptors (Lipinski definition) is 3. The molecule has 1 aromatic carbocycles. The molecule has 104 valence electrons. The fourth-order valence-corrected chi connectivity index (χ4v) is 2.67. The molecule has 2 atom stereocenters. The van der Waals surface area contributed by atoms with Crippen molar-refractivity contribution in [3.63, 3.8) is 0 Å². The van der Waals surface area contributed by atoms with Crippen molar-refractivity contribution in [3.05, 3.63) is 34.9 Å². The highest BCUT2D eigenvalue weighted by molar-refractivity contribution is 6.00. The molecule has 0 spiro atoms. The Balaban J connectivity index is 2.08. The van der Waals surface area contributed by atoms with Gasteiger partial charge in [-0.25, -0.2) is 0 Å². The third kappa shape index (κ3) is 3.04. The molecule has 2 rings (SSSR count). The molecule has 1 fully saturated rings. The van der Waals surface area contributed by atoms with Gasteiger partial charge in [0.25, 0.3) is 0 Å². The topological polar surface area (TPSA) is 40.5 Å². The molecule has 0 amide bonds. The Morgan fingerprint density at radius 2 is 2.16 bits per heavy atom. The number of benzene rings is 1. The Hall–Kier alpha value is -1.19. The molecule has 1 aliphatic rings. The van der Waals surface area contributed by atoms with Gasteiger partial charge in [-0.2, -0.15) is 0 Å². The molecule has 1 aliphatic heterocycles. The Morgan fingerprint density at radius 1 is 1.42 bits per heavy atom. The number of carbonyl (C=O) groups excluding carboxylic acids is 1. The second kappa shape index (κ2) is 5.85. The van der Waals surface area contributed by atoms with Crippen LogP contribution in [0.2, 0.25) is 0 Å². The first-order valence-corrected chi connectivity index (χ1v) is 6.99. The van der Waals surface area contributed by atoms with Crippen LogP contribution in [0.4, 0.5) is 0 Å². The normalized spacial score (nSPS) is 21.6. The quantitative estimate of drug-likeness (QED) is 0.845. The minimum atomic E-state index is -0.0985. The average Bonchev–Trinajstić information content (AvgIpc) is 2.89. The van der Waals surface area contributed by atoms with Crippen molar-refractivity contribution in [2.45, 2.75) is 33.2 Å². The van der Waals surface area contributed by atoms with E-state index in [0.717, 1.165) is 30.6 Å². The van der Waals surface area contributed by atoms with Gasteiger partial charge in [0.1, 0.15) is 0 Å². The standard InChI is InChI=1S/C16H23NO2/c1-11-4-5-15(8-12(11)2)16(19)13(3)17-7-6-14(9-17)10-18/h4-5,8,13-14,18H,6-7,9-10H2,1-3H3. The molecule has 0 saturated carbocycles. The number of hydrogen-bond donors (Lipinski definition) is 1. The van der Waals surface area contributed by atoms with Crippen molar-refractivity contribution in [1.29, 1.82) is 0 Å². The van der Waals surface area contributed by atoms with Gasteiger partial charge >= 0.3 is 0 Å². The van der Waals surface area contributed by atoms with Crippen molar-refractivity contribution in [3.8, 4) is 0 Å². The van der Waals surface area contributed by atoms with Crippen molar-refractivity contribution >= 4 is 5.78 Å². The van der Waals surface area contributed by atoms with Crippen molar-refractivity contribution in [2.24, 2.45) is 5.92 Å². The van der Waals surface area contributed by atoms with Gasteiger partial charge in [-0.3, -0.25) is 9.69 Å². The fourth-order valence-electron chi connectivity index (χ4n) is 2.67. The summed E-state index contributed by atoms with van der Waals surface area (Å²) in [6.45, 7) is 8.02. The summed E-state index contributed by atoms with van der Waals surface area (Å²) in [7, 11) is 0. The van der Waals surface area contributed by atoms with Crippen LogP contribution in [0.5, 0.6) is 0 Å². The predicted molar refractivity (Wildman–Crippen MR) is 76.5 cm³/mol. The third-order valence-corrected chi connectivity index (χ3v) is 4.29. The van der Waals surface area contributed by atoms with E-state index in [0.29, 0.717) is 5.92 Å². The Morgan fingerprint density at radius 3 is 2.74 bits per heavy atom. The largest absolute Gasteiger partial charge is 0.396 e. The highest BCUT2D eigenvalue weighted by Gasteiger charge is 2.29. The first-order chi connectivity index (χ1) is 9.02. The number of aliphatic hydroxyl groups is 1. The summed E-state index contributed by atoms with van der Waals surface area (Å²) >= 11 is 0. The number of carbonyl (C=O) groups is 1. The van der Waals surface area contributed by atoms with Gasteiger partial charge in [0.05, 0.1) is 6.04 Å². The molecule has 1 saturated heterocycles. The van der Waals surface area contributed by atoms with Crippen LogP contribution in [0.3, 0.4) is 0 Å². The second-order valence-electron chi connectivity index (χ2n) is 5.67. The summed E-state index contributed by atoms with van der Waals surface area (Å²) in [4.78, 5) is 14.7. The molecule has 0 bridgehead atoms. The van der Waals surface area contributed by atoms with Crippen LogP contribution < -0.4 is 0 Å². The lowest BCUT2D eigenvalue weighted by Gasteiger charge is -2.23. The van der Waals surface area contributed by atoms with Gasteiger partial charge in [0.2, 0.25) is 0 Å². The maximum absolute atomic E-state index is 12.5. The zero-order valence-corrected chi connectivity index (χ0v) is 12.0. The average molecular weight is 261 g/mol. The molecule has 0 aliphatic carbocycles. The summed E-state index contributed by atoms with van der Waals surface area (Å²) in [6.07, 6.45) is 0.987. The van der Waals surface area contributed by atoms with Crippen LogP contribution in [0.15, 0.2) is 18.2 Å². The predicted octanol–water partition coefficient (Wildman–Crippen LogP) is 2.19. The van der Waals surface area contributed by atoms with E-state index in [4.69, 9.17) is 0 Å². The fraction of sp³-hybridized carbons (Fsp3) is 0.562. The zero-order valence-electron chi connectivity index (χ0n) is 12.0. The van der Waals surface area contributed by atoms with Crippen molar-refractivity contribution in [2.75, 3.05) is 19.7 Å². The van der Waals surface area contributed by atoms with E-state index in [-0.39, 0.29) is 18.4 Å². The minimum Gasteiger partial charge on any atom is -0.396 e. The summed E-state index contributed by atoms with van der Waals surface area (Å²) < 4.78 is 0. The number of likely N-dealkylation sites (tertiary alicyclic amines) is 1. The number of rotatable bonds is 4. The number of ketones is 1. The smallest absolute Gasteiger partial charge is 0.179 e. The maximum atomic E-state index is 12.5. The molecule has 2 unspecified atom stereocenters. The molecule has 1 aromatic rings. The lowest BCUT2D eigenvalue weighted by atomic mass is 10.00. The van der Waals surface area contributed by atoms with Gasteiger partial charge in [-0.15, -0.1) is 0 Å². The van der Waals surface area contributed by atoms with Gasteiger partial charge < -0.3 is 5.11 Å². The molecule has 0 aromatic heterocycles. The van der Waals surface area contributed by atoms with Gasteiger partial charge in [-0.1, -0.05) is 12.1 Å². The van der Waals surface area contributed by atoms with Crippen LogP contribution in [0.25, 0.3) is 0 Å². The minimum absolute atomic E-state index is 0.0985. The molecular formula is C16H23NO2. The molecular weight excluding hydrogens is 238 g/mol. The monoisotopic (exact) mass is 261 g/mol. The van der Waals surface area contributed by atoms with Crippen LogP contribution in [-0.4, -0.2) is 41.5 Å². The SMILES string of the molecule is Cc1ccc(C(=O)C(C)N2CCC(CO)C2)cc1C. The molecule has 3 nitrogen and oxygen atoms in total. The molecule has 1 heterocycles. The van der Waals surface area contributed by atoms with E-state index in [2.05, 4.69) is 11.8 Å². The lowest BCUT2D eigenvalue weighted by molar-refractivity contribution is 0.0857. The lowest BCUT2D eigenvalue weighted by Crippen LogP contribution is -2.37. The Labute approximate surface area is 115 Å². The molecule has 19 heavy (non-hydrogen) atoms. The highest BCUT2D eigenvalue weighted by atomic mass is 16.3. The summed E-state index contributed by atoms with van der Waals surface area (Å²) in [6, 6.07) is 5.81. The Kier molecular flexibility index (Phi) is 4.38.